The van der Waals surface area contributed by atoms with E-state index in [9.17, 15) is 9.59 Å². The van der Waals surface area contributed by atoms with Crippen LogP contribution in [-0.4, -0.2) is 23.7 Å². The van der Waals surface area contributed by atoms with Crippen LogP contribution in [0.1, 0.15) is 18.4 Å². The number of benzene rings is 2. The molecule has 1 heterocycles. The molecule has 2 amide bonds. The summed E-state index contributed by atoms with van der Waals surface area (Å²) in [7, 11) is 0. The van der Waals surface area contributed by atoms with Gasteiger partial charge in [-0.1, -0.05) is 30.3 Å². The van der Waals surface area contributed by atoms with Crippen LogP contribution in [0.4, 0.5) is 0 Å². The summed E-state index contributed by atoms with van der Waals surface area (Å²) in [6.07, 6.45) is 1.71. The molecule has 0 aromatic heterocycles. The largest absolute Gasteiger partial charge is 0.457 e. The van der Waals surface area contributed by atoms with Crippen molar-refractivity contribution in [3.8, 4) is 11.5 Å². The summed E-state index contributed by atoms with van der Waals surface area (Å²) >= 11 is 0. The molecule has 2 aromatic rings. The number of hydrogen-bond acceptors (Lipinski definition) is 5. The number of hydrazone groups is 2. The van der Waals surface area contributed by atoms with E-state index in [1.165, 1.54) is 6.21 Å². The molecule has 2 N–H and O–H groups in total. The molecular formula is C18H16N4O3. The molecule has 0 saturated heterocycles. The predicted molar refractivity (Wildman–Crippen MR) is 93.5 cm³/mol. The van der Waals surface area contributed by atoms with Crippen LogP contribution in [0, 0.1) is 0 Å². The van der Waals surface area contributed by atoms with Crippen molar-refractivity contribution in [3.05, 3.63) is 60.2 Å². The predicted octanol–water partition coefficient (Wildman–Crippen LogP) is 2.20. The van der Waals surface area contributed by atoms with E-state index in [1.807, 2.05) is 54.6 Å². The van der Waals surface area contributed by atoms with Gasteiger partial charge in [0.15, 0.2) is 0 Å². The van der Waals surface area contributed by atoms with Crippen LogP contribution in [0.25, 0.3) is 0 Å². The molecular weight excluding hydrogens is 320 g/mol. The van der Waals surface area contributed by atoms with Crippen molar-refractivity contribution in [1.82, 2.24) is 10.9 Å². The molecule has 0 saturated carbocycles. The highest BCUT2D eigenvalue weighted by atomic mass is 16.5. The zero-order valence-corrected chi connectivity index (χ0v) is 13.3. The normalized spacial score (nSPS) is 13.4. The molecule has 1 aliphatic rings. The standard InChI is InChI=1S/C18H16N4O3/c23-17(10-14-11-18(24)22-20-14)21-19-12-13-5-4-8-16(9-13)25-15-6-2-1-3-7-15/h1-9,12H,10-11H2,(H,21,23)(H,22,24). The second kappa shape index (κ2) is 7.87. The van der Waals surface area contributed by atoms with E-state index in [1.54, 1.807) is 0 Å². The van der Waals surface area contributed by atoms with Crippen LogP contribution in [0.2, 0.25) is 0 Å². The quantitative estimate of drug-likeness (QED) is 0.626. The average molecular weight is 336 g/mol. The summed E-state index contributed by atoms with van der Waals surface area (Å²) in [6.45, 7) is 0. The van der Waals surface area contributed by atoms with E-state index in [0.29, 0.717) is 11.5 Å². The number of nitrogens with zero attached hydrogens (tertiary/aromatic N) is 2. The van der Waals surface area contributed by atoms with Gasteiger partial charge in [-0.2, -0.15) is 10.2 Å². The fraction of sp³-hybridized carbons (Fsp3) is 0.111. The Morgan fingerprint density at radius 2 is 2.00 bits per heavy atom. The van der Waals surface area contributed by atoms with Gasteiger partial charge in [0, 0.05) is 0 Å². The Morgan fingerprint density at radius 1 is 1.20 bits per heavy atom. The monoisotopic (exact) mass is 336 g/mol. The Hall–Kier alpha value is -3.48. The number of carbonyl (C=O) groups is 2. The molecule has 0 radical (unpaired) electrons. The van der Waals surface area contributed by atoms with E-state index in [2.05, 4.69) is 21.1 Å². The van der Waals surface area contributed by atoms with E-state index < -0.39 is 0 Å². The van der Waals surface area contributed by atoms with Crippen molar-refractivity contribution in [2.75, 3.05) is 0 Å². The topological polar surface area (TPSA) is 92.2 Å². The molecule has 3 rings (SSSR count). The van der Waals surface area contributed by atoms with Gasteiger partial charge in [-0.05, 0) is 29.8 Å². The number of rotatable bonds is 6. The third-order valence-electron chi connectivity index (χ3n) is 3.31. The second-order valence-corrected chi connectivity index (χ2v) is 5.35. The van der Waals surface area contributed by atoms with Crippen LogP contribution in [0.5, 0.6) is 11.5 Å². The summed E-state index contributed by atoms with van der Waals surface area (Å²) in [5, 5.41) is 7.67. The highest BCUT2D eigenvalue weighted by Crippen LogP contribution is 2.21. The summed E-state index contributed by atoms with van der Waals surface area (Å²) in [6, 6.07) is 16.8. The molecule has 0 fully saturated rings. The fourth-order valence-electron chi connectivity index (χ4n) is 2.19. The minimum atomic E-state index is -0.330. The average Bonchev–Trinajstić information content (AvgIpc) is 3.01. The first-order valence-electron chi connectivity index (χ1n) is 7.68. The molecule has 25 heavy (non-hydrogen) atoms. The van der Waals surface area contributed by atoms with Crippen molar-refractivity contribution >= 4 is 23.7 Å². The Bertz CT molecular complexity index is 831. The van der Waals surface area contributed by atoms with Gasteiger partial charge in [0.05, 0.1) is 24.8 Å². The van der Waals surface area contributed by atoms with Crippen LogP contribution in [0.3, 0.4) is 0 Å². The Balaban J connectivity index is 1.53. The first-order chi connectivity index (χ1) is 12.2. The molecule has 1 aliphatic heterocycles. The maximum atomic E-state index is 11.7. The zero-order valence-electron chi connectivity index (χ0n) is 13.3. The third-order valence-corrected chi connectivity index (χ3v) is 3.31. The molecule has 7 nitrogen and oxygen atoms in total. The van der Waals surface area contributed by atoms with E-state index in [4.69, 9.17) is 4.74 Å². The first kappa shape index (κ1) is 16.4. The number of carbonyl (C=O) groups excluding carboxylic acids is 2. The third kappa shape index (κ3) is 5.00. The van der Waals surface area contributed by atoms with Crippen molar-refractivity contribution < 1.29 is 14.3 Å². The van der Waals surface area contributed by atoms with Gasteiger partial charge in [0.1, 0.15) is 11.5 Å². The molecule has 0 bridgehead atoms. The van der Waals surface area contributed by atoms with E-state index in [0.717, 1.165) is 11.3 Å². The van der Waals surface area contributed by atoms with Gasteiger partial charge >= 0.3 is 0 Å². The Kier molecular flexibility index (Phi) is 5.16. The smallest absolute Gasteiger partial charge is 0.245 e. The second-order valence-electron chi connectivity index (χ2n) is 5.35. The minimum absolute atomic E-state index is 0.0350. The van der Waals surface area contributed by atoms with Crippen molar-refractivity contribution in [2.45, 2.75) is 12.8 Å². The van der Waals surface area contributed by atoms with Crippen molar-refractivity contribution in [1.29, 1.82) is 0 Å². The highest BCUT2D eigenvalue weighted by molar-refractivity contribution is 6.11. The molecule has 7 heteroatoms. The van der Waals surface area contributed by atoms with Gasteiger partial charge in [0.25, 0.3) is 0 Å². The maximum absolute atomic E-state index is 11.7. The lowest BCUT2D eigenvalue weighted by atomic mass is 10.2. The SMILES string of the molecule is O=C(CC1=NNC(=O)C1)NN=Cc1cccc(Oc2ccccc2)c1. The molecule has 0 unspecified atom stereocenters. The van der Waals surface area contributed by atoms with Gasteiger partial charge in [-0.25, -0.2) is 10.9 Å². The van der Waals surface area contributed by atoms with E-state index in [-0.39, 0.29) is 24.7 Å². The number of nitrogens with one attached hydrogen (secondary N) is 2. The lowest BCUT2D eigenvalue weighted by Gasteiger charge is -2.05. The number of hydrogen-bond donors (Lipinski definition) is 2. The van der Waals surface area contributed by atoms with Crippen molar-refractivity contribution in [2.24, 2.45) is 10.2 Å². The van der Waals surface area contributed by atoms with Gasteiger partial charge in [-0.15, -0.1) is 0 Å². The summed E-state index contributed by atoms with van der Waals surface area (Å²) in [4.78, 5) is 22.7. The molecule has 2 aromatic carbocycles. The first-order valence-corrected chi connectivity index (χ1v) is 7.68. The summed E-state index contributed by atoms with van der Waals surface area (Å²) < 4.78 is 5.74. The summed E-state index contributed by atoms with van der Waals surface area (Å²) in [5.74, 6) is 0.876. The van der Waals surface area contributed by atoms with Gasteiger partial charge in [0.2, 0.25) is 11.8 Å². The van der Waals surface area contributed by atoms with Crippen molar-refractivity contribution in [3.63, 3.8) is 0 Å². The lowest BCUT2D eigenvalue weighted by Crippen LogP contribution is -2.20. The minimum Gasteiger partial charge on any atom is -0.457 e. The van der Waals surface area contributed by atoms with E-state index >= 15 is 0 Å². The number of ether oxygens (including phenoxy) is 1. The van der Waals surface area contributed by atoms with Crippen LogP contribution in [0.15, 0.2) is 64.8 Å². The zero-order chi connectivity index (χ0) is 17.5. The van der Waals surface area contributed by atoms with Crippen LogP contribution in [-0.2, 0) is 9.59 Å². The summed E-state index contributed by atoms with van der Waals surface area (Å²) in [5.41, 5.74) is 5.99. The number of para-hydroxylation sites is 1. The van der Waals surface area contributed by atoms with Gasteiger partial charge in [-0.3, -0.25) is 9.59 Å². The lowest BCUT2D eigenvalue weighted by molar-refractivity contribution is -0.119. The Morgan fingerprint density at radius 3 is 2.76 bits per heavy atom. The molecule has 0 aliphatic carbocycles. The van der Waals surface area contributed by atoms with Crippen LogP contribution < -0.4 is 15.6 Å². The van der Waals surface area contributed by atoms with Gasteiger partial charge < -0.3 is 4.74 Å². The molecule has 0 spiro atoms. The molecule has 126 valence electrons. The molecule has 0 atom stereocenters. The maximum Gasteiger partial charge on any atom is 0.245 e. The highest BCUT2D eigenvalue weighted by Gasteiger charge is 2.16. The van der Waals surface area contributed by atoms with Crippen LogP contribution >= 0.6 is 0 Å². The fourth-order valence-corrected chi connectivity index (χ4v) is 2.19. The Labute approximate surface area is 144 Å². The number of amides is 2.